The van der Waals surface area contributed by atoms with Crippen LogP contribution in [-0.4, -0.2) is 0 Å². The highest BCUT2D eigenvalue weighted by Crippen LogP contribution is 2.53. The van der Waals surface area contributed by atoms with Gasteiger partial charge < -0.3 is 9.80 Å². The van der Waals surface area contributed by atoms with Gasteiger partial charge in [-0.1, -0.05) is 246 Å². The van der Waals surface area contributed by atoms with Crippen LogP contribution in [0.1, 0.15) is 72.2 Å². The molecule has 0 unspecified atom stereocenters. The van der Waals surface area contributed by atoms with Crippen molar-refractivity contribution in [3.63, 3.8) is 0 Å². The van der Waals surface area contributed by atoms with Crippen molar-refractivity contribution in [1.29, 1.82) is 0 Å². The van der Waals surface area contributed by atoms with E-state index in [2.05, 4.69) is 329 Å². The lowest BCUT2D eigenvalue weighted by atomic mass is 9.81. The van der Waals surface area contributed by atoms with Gasteiger partial charge in [0.1, 0.15) is 0 Å². The minimum absolute atomic E-state index is 0.179. The molecule has 2 nitrogen and oxygen atoms in total. The average Bonchev–Trinajstić information content (AvgIpc) is 4.00. The summed E-state index contributed by atoms with van der Waals surface area (Å²) in [5, 5.41) is 0. The Kier molecular flexibility index (Phi) is 12.3. The fourth-order valence-electron chi connectivity index (χ4n) is 12.0. The van der Waals surface area contributed by atoms with Gasteiger partial charge >= 0.3 is 0 Å². The molecule has 0 bridgehead atoms. The molecule has 0 amide bonds. The van der Waals surface area contributed by atoms with Gasteiger partial charge in [0, 0.05) is 45.0 Å². The normalized spacial score (nSPS) is 13.5. The number of rotatable bonds is 12. The Morgan fingerprint density at radius 2 is 0.487 bits per heavy atom. The molecule has 0 atom stereocenters. The molecule has 2 aliphatic rings. The fraction of sp³-hybridized carbons (Fsp3) is 0.0789. The van der Waals surface area contributed by atoms with E-state index in [0.717, 1.165) is 34.1 Å². The summed E-state index contributed by atoms with van der Waals surface area (Å²) in [6.45, 7) is 9.48. The lowest BCUT2D eigenvalue weighted by Crippen LogP contribution is -2.16. The number of nitrogens with zero attached hydrogens (tertiary/aromatic N) is 2. The minimum atomic E-state index is -0.179. The van der Waals surface area contributed by atoms with Gasteiger partial charge in [-0.25, -0.2) is 0 Å². The minimum Gasteiger partial charge on any atom is -0.310 e. The molecule has 13 rings (SSSR count). The third-order valence-corrected chi connectivity index (χ3v) is 16.3. The second-order valence-electron chi connectivity index (χ2n) is 21.8. The van der Waals surface area contributed by atoms with Crippen LogP contribution in [0.5, 0.6) is 0 Å². The summed E-state index contributed by atoms with van der Waals surface area (Å²) in [4.78, 5) is 4.75. The number of para-hydroxylation sites is 2. The lowest BCUT2D eigenvalue weighted by Gasteiger charge is -2.28. The first-order chi connectivity index (χ1) is 38.2. The van der Waals surface area contributed by atoms with Gasteiger partial charge in [0.05, 0.1) is 0 Å². The van der Waals surface area contributed by atoms with E-state index >= 15 is 0 Å². The largest absolute Gasteiger partial charge is 0.310 e. The van der Waals surface area contributed by atoms with E-state index < -0.39 is 0 Å². The fourth-order valence-corrected chi connectivity index (χ4v) is 12.0. The van der Waals surface area contributed by atoms with Crippen molar-refractivity contribution in [3.05, 3.63) is 311 Å². The predicted octanol–water partition coefficient (Wildman–Crippen LogP) is 20.9. The summed E-state index contributed by atoms with van der Waals surface area (Å²) >= 11 is 0. The summed E-state index contributed by atoms with van der Waals surface area (Å²) in [5.41, 5.74) is 26.7. The SMILES string of the molecule is CC1(C)c2cc(/C=C/c3ccc(/C=C/c4ccc5c(c4)C(C)(C)c4cc(N(c6ccccc6)c6ccc(-c7ccccc7)cc6)ccc4-5)cc3)ccc2-c2ccc(N(c3ccccc3)c3ccc(-c4ccccc4)cc3)cc21. The van der Waals surface area contributed by atoms with Crippen molar-refractivity contribution in [2.24, 2.45) is 0 Å². The maximum absolute atomic E-state index is 2.41. The van der Waals surface area contributed by atoms with Crippen molar-refractivity contribution in [2.45, 2.75) is 38.5 Å². The molecule has 78 heavy (non-hydrogen) atoms. The van der Waals surface area contributed by atoms with E-state index in [1.807, 2.05) is 0 Å². The number of benzene rings is 11. The summed E-state index contributed by atoms with van der Waals surface area (Å²) < 4.78 is 0. The molecule has 0 saturated heterocycles. The van der Waals surface area contributed by atoms with E-state index in [-0.39, 0.29) is 10.8 Å². The van der Waals surface area contributed by atoms with E-state index in [1.165, 1.54) is 89.0 Å². The molecule has 11 aromatic carbocycles. The molecular weight excluding hydrogens is 941 g/mol. The van der Waals surface area contributed by atoms with Gasteiger partial charge in [-0.15, -0.1) is 0 Å². The second-order valence-corrected chi connectivity index (χ2v) is 21.8. The van der Waals surface area contributed by atoms with E-state index in [1.54, 1.807) is 0 Å². The van der Waals surface area contributed by atoms with Crippen LogP contribution in [0.2, 0.25) is 0 Å². The summed E-state index contributed by atoms with van der Waals surface area (Å²) in [6, 6.07) is 97.3. The molecule has 0 aliphatic heterocycles. The van der Waals surface area contributed by atoms with Crippen molar-refractivity contribution >= 4 is 58.4 Å². The lowest BCUT2D eigenvalue weighted by molar-refractivity contribution is 0.660. The first-order valence-electron chi connectivity index (χ1n) is 27.2. The molecule has 0 radical (unpaired) electrons. The molecule has 0 saturated carbocycles. The van der Waals surface area contributed by atoms with Gasteiger partial charge in [-0.3, -0.25) is 0 Å². The van der Waals surface area contributed by atoms with Gasteiger partial charge in [0.25, 0.3) is 0 Å². The van der Waals surface area contributed by atoms with Gasteiger partial charge in [0.2, 0.25) is 0 Å². The molecule has 0 fully saturated rings. The van der Waals surface area contributed by atoms with Crippen LogP contribution in [-0.2, 0) is 10.8 Å². The monoisotopic (exact) mass is 1000 g/mol. The molecule has 374 valence electrons. The zero-order valence-electron chi connectivity index (χ0n) is 44.6. The highest BCUT2D eigenvalue weighted by Gasteiger charge is 2.37. The van der Waals surface area contributed by atoms with Crippen LogP contribution < -0.4 is 9.80 Å². The zero-order chi connectivity index (χ0) is 52.8. The van der Waals surface area contributed by atoms with Crippen LogP contribution in [0, 0.1) is 0 Å². The van der Waals surface area contributed by atoms with Crippen LogP contribution in [0.15, 0.2) is 267 Å². The quantitative estimate of drug-likeness (QED) is 0.113. The maximum Gasteiger partial charge on any atom is 0.0465 e. The predicted molar refractivity (Wildman–Crippen MR) is 333 cm³/mol. The Morgan fingerprint density at radius 1 is 0.231 bits per heavy atom. The van der Waals surface area contributed by atoms with Crippen LogP contribution >= 0.6 is 0 Å². The molecule has 2 aliphatic carbocycles. The van der Waals surface area contributed by atoms with E-state index in [0.29, 0.717) is 0 Å². The standard InChI is InChI=1S/C76H60N2/c1-75(2)71-49-55(33-45-67(71)69-47-43-65(51-73(69)75)77(61-21-13-7-14-22-61)63-39-35-59(36-40-63)57-17-9-5-10-18-57)31-29-53-25-27-54(28-26-53)30-32-56-34-46-68-70-48-44-66(52-74(70)76(3,4)72(68)50-56)78(62-23-15-8-16-24-62)64-41-37-60(38-42-64)58-19-11-6-12-20-58/h5-52H,1-4H3/b31-29+,32-30+. The molecule has 0 aromatic heterocycles. The average molecular weight is 1000 g/mol. The maximum atomic E-state index is 2.41. The van der Waals surface area contributed by atoms with Crippen molar-refractivity contribution < 1.29 is 0 Å². The topological polar surface area (TPSA) is 6.48 Å². The number of fused-ring (bicyclic) bond motifs is 6. The highest BCUT2D eigenvalue weighted by molar-refractivity contribution is 5.89. The first-order valence-corrected chi connectivity index (χ1v) is 27.2. The molecular formula is C76H60N2. The summed E-state index contributed by atoms with van der Waals surface area (Å²) in [7, 11) is 0. The van der Waals surface area contributed by atoms with E-state index in [9.17, 15) is 0 Å². The van der Waals surface area contributed by atoms with Gasteiger partial charge in [0.15, 0.2) is 0 Å². The Hall–Kier alpha value is -9.50. The van der Waals surface area contributed by atoms with Crippen LogP contribution in [0.25, 0.3) is 68.8 Å². The molecule has 0 heterocycles. The Bertz CT molecular complexity index is 3750. The molecule has 11 aromatic rings. The van der Waals surface area contributed by atoms with Crippen LogP contribution in [0.4, 0.5) is 34.1 Å². The Balaban J connectivity index is 0.705. The summed E-state index contributed by atoms with van der Waals surface area (Å²) in [5.74, 6) is 0. The van der Waals surface area contributed by atoms with Gasteiger partial charge in [-0.05, 0) is 162 Å². The third-order valence-electron chi connectivity index (χ3n) is 16.3. The van der Waals surface area contributed by atoms with E-state index in [4.69, 9.17) is 0 Å². The third kappa shape index (κ3) is 8.95. The van der Waals surface area contributed by atoms with Crippen LogP contribution in [0.3, 0.4) is 0 Å². The molecule has 0 N–H and O–H groups in total. The smallest absolute Gasteiger partial charge is 0.0465 e. The summed E-state index contributed by atoms with van der Waals surface area (Å²) in [6.07, 6.45) is 8.97. The van der Waals surface area contributed by atoms with Gasteiger partial charge in [-0.2, -0.15) is 0 Å². The number of anilines is 6. The number of hydrogen-bond acceptors (Lipinski definition) is 2. The highest BCUT2D eigenvalue weighted by atomic mass is 15.1. The van der Waals surface area contributed by atoms with Crippen molar-refractivity contribution in [1.82, 2.24) is 0 Å². The van der Waals surface area contributed by atoms with Crippen molar-refractivity contribution in [3.8, 4) is 44.5 Å². The Labute approximate surface area is 460 Å². The van der Waals surface area contributed by atoms with Crippen molar-refractivity contribution in [2.75, 3.05) is 9.80 Å². The first kappa shape index (κ1) is 48.2. The zero-order valence-corrected chi connectivity index (χ0v) is 44.6. The Morgan fingerprint density at radius 3 is 0.846 bits per heavy atom. The second kappa shape index (κ2) is 19.9. The number of hydrogen-bond donors (Lipinski definition) is 0. The molecule has 0 spiro atoms. The molecule has 2 heteroatoms.